The molecule has 0 fully saturated rings. The molecule has 0 aliphatic carbocycles. The van der Waals surface area contributed by atoms with Crippen molar-refractivity contribution < 1.29 is 4.42 Å². The van der Waals surface area contributed by atoms with E-state index >= 15 is 0 Å². The average molecular weight is 409 g/mol. The number of nitrogens with one attached hydrogen (secondary N) is 3. The highest BCUT2D eigenvalue weighted by Crippen LogP contribution is 2.13. The summed E-state index contributed by atoms with van der Waals surface area (Å²) in [4.78, 5) is 13.3. The van der Waals surface area contributed by atoms with Crippen LogP contribution in [0, 0.1) is 27.7 Å². The number of rotatable bonds is 4. The smallest absolute Gasteiger partial charge is 0.229 e. The summed E-state index contributed by atoms with van der Waals surface area (Å²) >= 11 is 5.47. The van der Waals surface area contributed by atoms with E-state index in [1.807, 2.05) is 58.0 Å². The number of aromatic nitrogens is 2. The maximum atomic E-state index is 5.47. The number of guanidine groups is 1. The Morgan fingerprint density at radius 3 is 2.31 bits per heavy atom. The third-order valence-corrected chi connectivity index (χ3v) is 4.10. The first-order valence-electron chi connectivity index (χ1n) is 9.20. The van der Waals surface area contributed by atoms with Crippen LogP contribution in [0.25, 0.3) is 0 Å². The number of thiocarbonyl (C=S) groups is 1. The van der Waals surface area contributed by atoms with Gasteiger partial charge in [-0.2, -0.15) is 0 Å². The lowest BCUT2D eigenvalue weighted by Crippen LogP contribution is -2.39. The molecule has 150 valence electrons. The molecule has 3 rings (SSSR count). The molecule has 29 heavy (non-hydrogen) atoms. The van der Waals surface area contributed by atoms with Crippen LogP contribution in [-0.2, 0) is 6.54 Å². The summed E-state index contributed by atoms with van der Waals surface area (Å²) in [6, 6.07) is 11.8. The van der Waals surface area contributed by atoms with Crippen molar-refractivity contribution in [2.75, 3.05) is 10.6 Å². The Morgan fingerprint density at radius 1 is 1.00 bits per heavy atom. The number of furan rings is 1. The Balaban J connectivity index is 1.76. The minimum Gasteiger partial charge on any atom is -0.467 e. The lowest BCUT2D eigenvalue weighted by atomic mass is 10.1. The average Bonchev–Trinajstić information content (AvgIpc) is 3.11. The lowest BCUT2D eigenvalue weighted by molar-refractivity contribution is 0.512. The molecule has 0 spiro atoms. The molecule has 0 aliphatic heterocycles. The number of benzene rings is 1. The van der Waals surface area contributed by atoms with Crippen molar-refractivity contribution >= 4 is 34.9 Å². The minimum atomic E-state index is 0.347. The standard InChI is InChI=1S/C21H24N6OS/c1-13-8-14(2)10-17(9-13)25-21(29)27-19(22-12-18-6-5-7-28-18)26-20-23-15(3)11-16(4)24-20/h5-11H,12H2,1-4H3,(H3,22,23,24,25,26,27,29). The predicted octanol–water partition coefficient (Wildman–Crippen LogP) is 4.26. The predicted molar refractivity (Wildman–Crippen MR) is 120 cm³/mol. The van der Waals surface area contributed by atoms with Gasteiger partial charge in [-0.3, -0.25) is 5.32 Å². The number of nitrogens with zero attached hydrogens (tertiary/aromatic N) is 3. The maximum Gasteiger partial charge on any atom is 0.229 e. The van der Waals surface area contributed by atoms with E-state index in [9.17, 15) is 0 Å². The van der Waals surface area contributed by atoms with E-state index in [-0.39, 0.29) is 0 Å². The van der Waals surface area contributed by atoms with Crippen LogP contribution in [0.4, 0.5) is 11.6 Å². The van der Waals surface area contributed by atoms with Crippen LogP contribution in [0.1, 0.15) is 28.3 Å². The molecule has 0 unspecified atom stereocenters. The molecule has 8 heteroatoms. The molecule has 0 saturated carbocycles. The molecule has 7 nitrogen and oxygen atoms in total. The molecule has 0 bridgehead atoms. The SMILES string of the molecule is Cc1cc(C)cc(NC(=S)NC(=NCc2ccco2)Nc2nc(C)cc(C)n2)c1. The van der Waals surface area contributed by atoms with Crippen LogP contribution >= 0.6 is 12.2 Å². The van der Waals surface area contributed by atoms with Gasteiger partial charge in [-0.1, -0.05) is 6.07 Å². The fourth-order valence-electron chi connectivity index (χ4n) is 2.87. The second kappa shape index (κ2) is 9.29. The number of hydrogen-bond donors (Lipinski definition) is 3. The quantitative estimate of drug-likeness (QED) is 0.338. The van der Waals surface area contributed by atoms with E-state index in [1.165, 1.54) is 0 Å². The second-order valence-electron chi connectivity index (χ2n) is 6.80. The Bertz CT molecular complexity index is 989. The molecular formula is C21H24N6OS. The molecule has 0 atom stereocenters. The van der Waals surface area contributed by atoms with Crippen molar-refractivity contribution in [3.05, 3.63) is 70.9 Å². The van der Waals surface area contributed by atoms with Crippen LogP contribution in [0.5, 0.6) is 0 Å². The van der Waals surface area contributed by atoms with Gasteiger partial charge >= 0.3 is 0 Å². The molecule has 0 saturated heterocycles. The Labute approximate surface area is 175 Å². The fraction of sp³-hybridized carbons (Fsp3) is 0.238. The lowest BCUT2D eigenvalue weighted by Gasteiger charge is -2.15. The first-order chi connectivity index (χ1) is 13.9. The topological polar surface area (TPSA) is 87.4 Å². The first-order valence-corrected chi connectivity index (χ1v) is 9.60. The first kappa shape index (κ1) is 20.5. The van der Waals surface area contributed by atoms with Gasteiger partial charge < -0.3 is 15.1 Å². The van der Waals surface area contributed by atoms with Crippen LogP contribution in [0.2, 0.25) is 0 Å². The van der Waals surface area contributed by atoms with Gasteiger partial charge in [-0.05, 0) is 81.4 Å². The Hall–Kier alpha value is -3.26. The summed E-state index contributed by atoms with van der Waals surface area (Å²) in [6.07, 6.45) is 1.62. The van der Waals surface area contributed by atoms with Gasteiger partial charge in [0.2, 0.25) is 11.9 Å². The van der Waals surface area contributed by atoms with Crippen molar-refractivity contribution in [3.63, 3.8) is 0 Å². The highest BCUT2D eigenvalue weighted by atomic mass is 32.1. The molecule has 2 heterocycles. The largest absolute Gasteiger partial charge is 0.467 e. The van der Waals surface area contributed by atoms with E-state index in [0.29, 0.717) is 23.6 Å². The summed E-state index contributed by atoms with van der Waals surface area (Å²) in [7, 11) is 0. The summed E-state index contributed by atoms with van der Waals surface area (Å²) in [5.74, 6) is 1.61. The van der Waals surface area contributed by atoms with E-state index in [4.69, 9.17) is 16.6 Å². The minimum absolute atomic E-state index is 0.347. The molecule has 3 N–H and O–H groups in total. The van der Waals surface area contributed by atoms with Crippen LogP contribution in [0.15, 0.2) is 52.1 Å². The van der Waals surface area contributed by atoms with Gasteiger partial charge in [0.25, 0.3) is 0 Å². The van der Waals surface area contributed by atoms with Crippen LogP contribution < -0.4 is 16.0 Å². The zero-order valence-corrected chi connectivity index (χ0v) is 17.7. The van der Waals surface area contributed by atoms with Gasteiger partial charge in [-0.25, -0.2) is 15.0 Å². The van der Waals surface area contributed by atoms with Gasteiger partial charge in [-0.15, -0.1) is 0 Å². The summed E-state index contributed by atoms with van der Waals surface area (Å²) in [6.45, 7) is 8.27. The van der Waals surface area contributed by atoms with Crippen molar-refractivity contribution in [2.24, 2.45) is 4.99 Å². The zero-order valence-electron chi connectivity index (χ0n) is 16.9. The van der Waals surface area contributed by atoms with Gasteiger partial charge in [0.1, 0.15) is 12.3 Å². The van der Waals surface area contributed by atoms with Crippen LogP contribution in [0.3, 0.4) is 0 Å². The third-order valence-electron chi connectivity index (χ3n) is 3.90. The summed E-state index contributed by atoms with van der Waals surface area (Å²) in [5, 5.41) is 9.80. The van der Waals surface area contributed by atoms with Crippen molar-refractivity contribution in [2.45, 2.75) is 34.2 Å². The Morgan fingerprint density at radius 2 is 1.69 bits per heavy atom. The number of aryl methyl sites for hydroxylation is 4. The van der Waals surface area contributed by atoms with E-state index < -0.39 is 0 Å². The van der Waals surface area contributed by atoms with E-state index in [1.54, 1.807) is 6.26 Å². The fourth-order valence-corrected chi connectivity index (χ4v) is 3.09. The van der Waals surface area contributed by atoms with Gasteiger partial charge in [0.05, 0.1) is 6.26 Å². The van der Waals surface area contributed by atoms with Crippen molar-refractivity contribution in [1.82, 2.24) is 15.3 Å². The van der Waals surface area contributed by atoms with E-state index in [0.717, 1.165) is 34.0 Å². The number of anilines is 2. The Kier molecular flexibility index (Phi) is 6.56. The molecule has 3 aromatic rings. The van der Waals surface area contributed by atoms with Crippen LogP contribution in [-0.4, -0.2) is 21.0 Å². The third kappa shape index (κ3) is 6.39. The molecule has 2 aromatic heterocycles. The summed E-state index contributed by atoms with van der Waals surface area (Å²) in [5.41, 5.74) is 4.95. The molecule has 0 aliphatic rings. The molecule has 0 amide bonds. The summed E-state index contributed by atoms with van der Waals surface area (Å²) < 4.78 is 5.36. The maximum absolute atomic E-state index is 5.47. The highest BCUT2D eigenvalue weighted by molar-refractivity contribution is 7.80. The number of hydrogen-bond acceptors (Lipinski definition) is 5. The molecule has 1 aromatic carbocycles. The monoisotopic (exact) mass is 408 g/mol. The van der Waals surface area contributed by atoms with E-state index in [2.05, 4.69) is 37.0 Å². The molecule has 0 radical (unpaired) electrons. The van der Waals surface area contributed by atoms with Gasteiger partial charge in [0, 0.05) is 17.1 Å². The normalized spacial score (nSPS) is 11.2. The zero-order chi connectivity index (χ0) is 20.8. The van der Waals surface area contributed by atoms with Crippen molar-refractivity contribution in [1.29, 1.82) is 0 Å². The molecular weight excluding hydrogens is 384 g/mol. The van der Waals surface area contributed by atoms with Crippen molar-refractivity contribution in [3.8, 4) is 0 Å². The number of aliphatic imine (C=N–C) groups is 1. The van der Waals surface area contributed by atoms with Gasteiger partial charge in [0.15, 0.2) is 5.11 Å². The second-order valence-corrected chi connectivity index (χ2v) is 7.21. The highest BCUT2D eigenvalue weighted by Gasteiger charge is 2.08.